The molecule has 0 N–H and O–H groups in total. The largest absolute Gasteiger partial charge is 0.469 e. The lowest BCUT2D eigenvalue weighted by molar-refractivity contribution is -0.147. The molecule has 0 aromatic heterocycles. The molecule has 2 heterocycles. The fourth-order valence-electron chi connectivity index (χ4n) is 2.85. The summed E-state index contributed by atoms with van der Waals surface area (Å²) in [7, 11) is 3.60. The molecule has 2 aliphatic rings. The van der Waals surface area contributed by atoms with Gasteiger partial charge in [0.1, 0.15) is 0 Å². The summed E-state index contributed by atoms with van der Waals surface area (Å²) in [5.74, 6) is -0.0218. The Kier molecular flexibility index (Phi) is 4.97. The molecule has 5 heteroatoms. The molecule has 0 spiro atoms. The van der Waals surface area contributed by atoms with E-state index in [1.54, 1.807) is 0 Å². The zero-order chi connectivity index (χ0) is 13.0. The summed E-state index contributed by atoms with van der Waals surface area (Å²) in [5, 5.41) is 0. The van der Waals surface area contributed by atoms with Crippen molar-refractivity contribution in [3.63, 3.8) is 0 Å². The summed E-state index contributed by atoms with van der Waals surface area (Å²) >= 11 is 0. The molecular weight excluding hydrogens is 232 g/mol. The van der Waals surface area contributed by atoms with Crippen LogP contribution in [0.3, 0.4) is 0 Å². The van der Waals surface area contributed by atoms with Crippen LogP contribution < -0.4 is 0 Å². The van der Waals surface area contributed by atoms with E-state index in [-0.39, 0.29) is 18.0 Å². The SMILES string of the molecule is COC(=O)C1CCCN(CC2CN(C)CCO2)C1. The van der Waals surface area contributed by atoms with E-state index in [2.05, 4.69) is 16.8 Å². The van der Waals surface area contributed by atoms with Gasteiger partial charge in [-0.25, -0.2) is 0 Å². The van der Waals surface area contributed by atoms with Crippen molar-refractivity contribution >= 4 is 5.97 Å². The van der Waals surface area contributed by atoms with Gasteiger partial charge in [0.25, 0.3) is 0 Å². The third-order valence-electron chi connectivity index (χ3n) is 3.84. The fraction of sp³-hybridized carbons (Fsp3) is 0.923. The van der Waals surface area contributed by atoms with Gasteiger partial charge in [0.05, 0.1) is 25.7 Å². The van der Waals surface area contributed by atoms with E-state index in [1.165, 1.54) is 7.11 Å². The Morgan fingerprint density at radius 2 is 2.22 bits per heavy atom. The Labute approximate surface area is 109 Å². The van der Waals surface area contributed by atoms with Crippen LogP contribution in [0.15, 0.2) is 0 Å². The summed E-state index contributed by atoms with van der Waals surface area (Å²) in [4.78, 5) is 16.2. The predicted molar refractivity (Wildman–Crippen MR) is 68.4 cm³/mol. The summed E-state index contributed by atoms with van der Waals surface area (Å²) in [6.07, 6.45) is 2.30. The van der Waals surface area contributed by atoms with Gasteiger partial charge in [0, 0.05) is 26.2 Å². The lowest BCUT2D eigenvalue weighted by atomic mass is 9.98. The number of hydrogen-bond acceptors (Lipinski definition) is 5. The summed E-state index contributed by atoms with van der Waals surface area (Å²) < 4.78 is 10.6. The first kappa shape index (κ1) is 13.8. The molecule has 0 amide bonds. The molecule has 0 bridgehead atoms. The van der Waals surface area contributed by atoms with E-state index in [0.29, 0.717) is 0 Å². The third kappa shape index (κ3) is 3.67. The van der Waals surface area contributed by atoms with Crippen molar-refractivity contribution in [1.82, 2.24) is 9.80 Å². The average molecular weight is 256 g/mol. The van der Waals surface area contributed by atoms with Gasteiger partial charge in [-0.15, -0.1) is 0 Å². The van der Waals surface area contributed by atoms with Crippen molar-refractivity contribution in [2.24, 2.45) is 5.92 Å². The minimum absolute atomic E-state index is 0.0464. The highest BCUT2D eigenvalue weighted by atomic mass is 16.5. The van der Waals surface area contributed by atoms with Crippen molar-refractivity contribution in [1.29, 1.82) is 0 Å². The number of hydrogen-bond donors (Lipinski definition) is 0. The lowest BCUT2D eigenvalue weighted by Crippen LogP contribution is -2.49. The molecule has 2 fully saturated rings. The highest BCUT2D eigenvalue weighted by Gasteiger charge is 2.28. The van der Waals surface area contributed by atoms with Gasteiger partial charge in [0.15, 0.2) is 0 Å². The first-order valence-electron chi connectivity index (χ1n) is 6.79. The van der Waals surface area contributed by atoms with Crippen LogP contribution in [-0.2, 0) is 14.3 Å². The Bertz CT molecular complexity index is 285. The maximum atomic E-state index is 11.6. The minimum Gasteiger partial charge on any atom is -0.469 e. The number of carbonyl (C=O) groups is 1. The number of likely N-dealkylation sites (N-methyl/N-ethyl adjacent to an activating group) is 1. The fourth-order valence-corrected chi connectivity index (χ4v) is 2.85. The van der Waals surface area contributed by atoms with E-state index < -0.39 is 0 Å². The van der Waals surface area contributed by atoms with E-state index in [4.69, 9.17) is 9.47 Å². The van der Waals surface area contributed by atoms with Crippen LogP contribution in [0, 0.1) is 5.92 Å². The molecule has 0 aliphatic carbocycles. The van der Waals surface area contributed by atoms with Crippen LogP contribution in [0.5, 0.6) is 0 Å². The van der Waals surface area contributed by atoms with Crippen LogP contribution >= 0.6 is 0 Å². The molecule has 2 rings (SSSR count). The van der Waals surface area contributed by atoms with Crippen LogP contribution in [0.1, 0.15) is 12.8 Å². The highest BCUT2D eigenvalue weighted by Crippen LogP contribution is 2.18. The molecule has 2 aliphatic heterocycles. The molecule has 2 atom stereocenters. The number of morpholine rings is 1. The number of methoxy groups -OCH3 is 1. The summed E-state index contributed by atoms with van der Waals surface area (Å²) in [5.41, 5.74) is 0. The van der Waals surface area contributed by atoms with Gasteiger partial charge in [-0.1, -0.05) is 0 Å². The smallest absolute Gasteiger partial charge is 0.309 e. The Morgan fingerprint density at radius 3 is 2.94 bits per heavy atom. The molecule has 0 aromatic carbocycles. The standard InChI is InChI=1S/C13H24N2O3/c1-14-6-7-18-12(9-14)10-15-5-3-4-11(8-15)13(16)17-2/h11-12H,3-10H2,1-2H3. The second kappa shape index (κ2) is 6.50. The van der Waals surface area contributed by atoms with E-state index >= 15 is 0 Å². The molecule has 0 radical (unpaired) electrons. The van der Waals surface area contributed by atoms with E-state index in [0.717, 1.165) is 52.2 Å². The van der Waals surface area contributed by atoms with Crippen LogP contribution in [0.25, 0.3) is 0 Å². The van der Waals surface area contributed by atoms with E-state index in [9.17, 15) is 4.79 Å². The van der Waals surface area contributed by atoms with Crippen molar-refractivity contribution in [2.75, 3.05) is 53.5 Å². The average Bonchev–Trinajstić information content (AvgIpc) is 2.38. The quantitative estimate of drug-likeness (QED) is 0.675. The molecular formula is C13H24N2O3. The first-order valence-corrected chi connectivity index (χ1v) is 6.79. The molecule has 0 aromatic rings. The third-order valence-corrected chi connectivity index (χ3v) is 3.84. The Morgan fingerprint density at radius 1 is 1.39 bits per heavy atom. The topological polar surface area (TPSA) is 42.0 Å². The van der Waals surface area contributed by atoms with E-state index in [1.807, 2.05) is 0 Å². The van der Waals surface area contributed by atoms with Crippen molar-refractivity contribution < 1.29 is 14.3 Å². The number of carbonyl (C=O) groups excluding carboxylic acids is 1. The maximum absolute atomic E-state index is 11.6. The van der Waals surface area contributed by atoms with Crippen LogP contribution in [-0.4, -0.2) is 75.4 Å². The summed E-state index contributed by atoms with van der Waals surface area (Å²) in [6.45, 7) is 5.63. The van der Waals surface area contributed by atoms with Gasteiger partial charge in [-0.2, -0.15) is 0 Å². The summed E-state index contributed by atoms with van der Waals surface area (Å²) in [6, 6.07) is 0. The predicted octanol–water partition coefficient (Wildman–Crippen LogP) is 0.202. The van der Waals surface area contributed by atoms with Gasteiger partial charge < -0.3 is 14.4 Å². The van der Waals surface area contributed by atoms with Gasteiger partial charge in [-0.05, 0) is 26.4 Å². The number of ether oxygens (including phenoxy) is 2. The Hall–Kier alpha value is -0.650. The monoisotopic (exact) mass is 256 g/mol. The van der Waals surface area contributed by atoms with Gasteiger partial charge in [-0.3, -0.25) is 9.69 Å². The number of rotatable bonds is 3. The van der Waals surface area contributed by atoms with Gasteiger partial charge in [0.2, 0.25) is 0 Å². The van der Waals surface area contributed by atoms with Crippen LogP contribution in [0.2, 0.25) is 0 Å². The van der Waals surface area contributed by atoms with Crippen LogP contribution in [0.4, 0.5) is 0 Å². The second-order valence-electron chi connectivity index (χ2n) is 5.38. The number of piperidine rings is 1. The highest BCUT2D eigenvalue weighted by molar-refractivity contribution is 5.72. The maximum Gasteiger partial charge on any atom is 0.309 e. The number of esters is 1. The normalized spacial score (nSPS) is 31.2. The lowest BCUT2D eigenvalue weighted by Gasteiger charge is -2.37. The van der Waals surface area contributed by atoms with Crippen molar-refractivity contribution in [3.8, 4) is 0 Å². The first-order chi connectivity index (χ1) is 8.69. The number of likely N-dealkylation sites (tertiary alicyclic amines) is 1. The second-order valence-corrected chi connectivity index (χ2v) is 5.38. The molecule has 0 saturated carbocycles. The molecule has 2 saturated heterocycles. The van der Waals surface area contributed by atoms with Crippen molar-refractivity contribution in [2.45, 2.75) is 18.9 Å². The molecule has 2 unspecified atom stereocenters. The minimum atomic E-state index is -0.0682. The van der Waals surface area contributed by atoms with Gasteiger partial charge >= 0.3 is 5.97 Å². The Balaban J connectivity index is 1.80. The molecule has 18 heavy (non-hydrogen) atoms. The number of nitrogens with zero attached hydrogens (tertiary/aromatic N) is 2. The zero-order valence-electron chi connectivity index (χ0n) is 11.4. The van der Waals surface area contributed by atoms with Crippen molar-refractivity contribution in [3.05, 3.63) is 0 Å². The molecule has 5 nitrogen and oxygen atoms in total. The molecule has 104 valence electrons. The zero-order valence-corrected chi connectivity index (χ0v) is 11.4.